The van der Waals surface area contributed by atoms with Gasteiger partial charge in [0.2, 0.25) is 0 Å². The molecule has 1 aliphatic carbocycles. The summed E-state index contributed by atoms with van der Waals surface area (Å²) in [5, 5.41) is 14.8. The van der Waals surface area contributed by atoms with Gasteiger partial charge in [-0.05, 0) is 12.8 Å². The molecule has 0 saturated heterocycles. The maximum absolute atomic E-state index is 8.58. The number of aliphatic hydroxyl groups excluding tert-OH is 1. The molecule has 1 aromatic heterocycles. The van der Waals surface area contributed by atoms with Gasteiger partial charge in [-0.3, -0.25) is 0 Å². The Labute approximate surface area is 107 Å². The van der Waals surface area contributed by atoms with Gasteiger partial charge in [-0.1, -0.05) is 0 Å². The minimum atomic E-state index is 0.0588. The third kappa shape index (κ3) is 3.82. The molecule has 0 atom stereocenters. The quantitative estimate of drug-likeness (QED) is 0.594. The molecule has 1 fully saturated rings. The van der Waals surface area contributed by atoms with Gasteiger partial charge in [0.1, 0.15) is 17.5 Å². The molecule has 0 unspecified atom stereocenters. The van der Waals surface area contributed by atoms with Gasteiger partial charge < -0.3 is 20.5 Å². The van der Waals surface area contributed by atoms with Gasteiger partial charge in [-0.25, -0.2) is 9.97 Å². The minimum Gasteiger partial charge on any atom is -0.394 e. The van der Waals surface area contributed by atoms with Crippen molar-refractivity contribution < 1.29 is 9.84 Å². The maximum Gasteiger partial charge on any atom is 0.136 e. The SMILES string of the molecule is CNc1cc(NCCOCCO)nc(C2CC2)n1. The largest absolute Gasteiger partial charge is 0.394 e. The van der Waals surface area contributed by atoms with Gasteiger partial charge in [-0.2, -0.15) is 0 Å². The molecule has 1 heterocycles. The number of nitrogens with one attached hydrogen (secondary N) is 2. The summed E-state index contributed by atoms with van der Waals surface area (Å²) >= 11 is 0. The highest BCUT2D eigenvalue weighted by molar-refractivity contribution is 5.47. The fourth-order valence-corrected chi connectivity index (χ4v) is 1.63. The van der Waals surface area contributed by atoms with Crippen molar-refractivity contribution >= 4 is 11.6 Å². The molecule has 100 valence electrons. The van der Waals surface area contributed by atoms with E-state index in [-0.39, 0.29) is 6.61 Å². The van der Waals surface area contributed by atoms with Crippen molar-refractivity contribution in [3.8, 4) is 0 Å². The van der Waals surface area contributed by atoms with Crippen LogP contribution >= 0.6 is 0 Å². The van der Waals surface area contributed by atoms with E-state index >= 15 is 0 Å². The second kappa shape index (κ2) is 6.51. The van der Waals surface area contributed by atoms with Crippen LogP contribution in [-0.2, 0) is 4.74 Å². The van der Waals surface area contributed by atoms with Gasteiger partial charge in [-0.15, -0.1) is 0 Å². The highest BCUT2D eigenvalue weighted by Crippen LogP contribution is 2.38. The van der Waals surface area contributed by atoms with E-state index in [0.29, 0.717) is 25.7 Å². The van der Waals surface area contributed by atoms with Gasteiger partial charge in [0.05, 0.1) is 19.8 Å². The number of nitrogens with zero attached hydrogens (tertiary/aromatic N) is 2. The van der Waals surface area contributed by atoms with Crippen LogP contribution in [0.25, 0.3) is 0 Å². The molecule has 0 aromatic carbocycles. The third-order valence-corrected chi connectivity index (χ3v) is 2.73. The summed E-state index contributed by atoms with van der Waals surface area (Å²) in [4.78, 5) is 8.94. The molecule has 0 spiro atoms. The normalized spacial score (nSPS) is 14.6. The van der Waals surface area contributed by atoms with E-state index in [4.69, 9.17) is 9.84 Å². The van der Waals surface area contributed by atoms with Gasteiger partial charge >= 0.3 is 0 Å². The molecule has 0 radical (unpaired) electrons. The van der Waals surface area contributed by atoms with Crippen LogP contribution in [0.15, 0.2) is 6.07 Å². The zero-order valence-electron chi connectivity index (χ0n) is 10.6. The summed E-state index contributed by atoms with van der Waals surface area (Å²) < 4.78 is 5.18. The number of hydrogen-bond acceptors (Lipinski definition) is 6. The molecule has 1 aromatic rings. The zero-order valence-corrected chi connectivity index (χ0v) is 10.6. The molecule has 6 heteroatoms. The third-order valence-electron chi connectivity index (χ3n) is 2.73. The molecule has 3 N–H and O–H groups in total. The average Bonchev–Trinajstić information content (AvgIpc) is 3.22. The van der Waals surface area contributed by atoms with Crippen LogP contribution in [0.5, 0.6) is 0 Å². The van der Waals surface area contributed by atoms with Gasteiger partial charge in [0.25, 0.3) is 0 Å². The lowest BCUT2D eigenvalue weighted by Gasteiger charge is -2.09. The first-order valence-electron chi connectivity index (χ1n) is 6.32. The molecule has 6 nitrogen and oxygen atoms in total. The second-order valence-corrected chi connectivity index (χ2v) is 4.28. The average molecular weight is 252 g/mol. The van der Waals surface area contributed by atoms with Crippen LogP contribution in [0, 0.1) is 0 Å². The Morgan fingerprint density at radius 3 is 2.78 bits per heavy atom. The van der Waals surface area contributed by atoms with Crippen molar-refractivity contribution in [2.45, 2.75) is 18.8 Å². The van der Waals surface area contributed by atoms with Crippen molar-refractivity contribution in [2.24, 2.45) is 0 Å². The predicted molar refractivity (Wildman–Crippen MR) is 69.9 cm³/mol. The van der Waals surface area contributed by atoms with Gasteiger partial charge in [0.15, 0.2) is 0 Å². The van der Waals surface area contributed by atoms with Crippen LogP contribution in [0.2, 0.25) is 0 Å². The number of rotatable bonds is 8. The lowest BCUT2D eigenvalue weighted by atomic mass is 10.3. The fourth-order valence-electron chi connectivity index (χ4n) is 1.63. The van der Waals surface area contributed by atoms with E-state index in [2.05, 4.69) is 20.6 Å². The van der Waals surface area contributed by atoms with Crippen molar-refractivity contribution in [1.82, 2.24) is 9.97 Å². The van der Waals surface area contributed by atoms with Crippen LogP contribution in [-0.4, -0.2) is 48.5 Å². The minimum absolute atomic E-state index is 0.0588. The van der Waals surface area contributed by atoms with Crippen LogP contribution in [0.1, 0.15) is 24.6 Å². The van der Waals surface area contributed by atoms with E-state index in [1.165, 1.54) is 12.8 Å². The Balaban J connectivity index is 1.88. The zero-order chi connectivity index (χ0) is 12.8. The van der Waals surface area contributed by atoms with Crippen molar-refractivity contribution in [3.05, 3.63) is 11.9 Å². The molecule has 1 aliphatic rings. The number of ether oxygens (including phenoxy) is 1. The Hall–Kier alpha value is -1.40. The number of hydrogen-bond donors (Lipinski definition) is 3. The molecular formula is C12H20N4O2. The summed E-state index contributed by atoms with van der Waals surface area (Å²) in [5.74, 6) is 3.11. The Kier molecular flexibility index (Phi) is 4.72. The van der Waals surface area contributed by atoms with E-state index in [0.717, 1.165) is 17.5 Å². The Bertz CT molecular complexity index is 382. The molecular weight excluding hydrogens is 232 g/mol. The lowest BCUT2D eigenvalue weighted by molar-refractivity contribution is 0.0992. The number of anilines is 2. The molecule has 0 aliphatic heterocycles. The summed E-state index contributed by atoms with van der Waals surface area (Å²) in [6.45, 7) is 1.66. The van der Waals surface area contributed by atoms with E-state index in [1.54, 1.807) is 0 Å². The lowest BCUT2D eigenvalue weighted by Crippen LogP contribution is -2.13. The first-order chi connectivity index (χ1) is 8.83. The standard InChI is InChI=1S/C12H20N4O2/c1-13-10-8-11(14-4-6-18-7-5-17)16-12(15-10)9-2-3-9/h8-9,17H,2-7H2,1H3,(H2,13,14,15,16). The smallest absolute Gasteiger partial charge is 0.136 e. The monoisotopic (exact) mass is 252 g/mol. The molecule has 1 saturated carbocycles. The number of aromatic nitrogens is 2. The van der Waals surface area contributed by atoms with E-state index in [1.807, 2.05) is 13.1 Å². The summed E-state index contributed by atoms with van der Waals surface area (Å²) in [5.41, 5.74) is 0. The van der Waals surface area contributed by atoms with Crippen molar-refractivity contribution in [3.63, 3.8) is 0 Å². The highest BCUT2D eigenvalue weighted by Gasteiger charge is 2.27. The molecule has 0 amide bonds. The summed E-state index contributed by atoms with van der Waals surface area (Å²) in [6.07, 6.45) is 2.37. The van der Waals surface area contributed by atoms with Crippen molar-refractivity contribution in [1.29, 1.82) is 0 Å². The topological polar surface area (TPSA) is 79.3 Å². The predicted octanol–water partition coefficient (Wildman–Crippen LogP) is 0.816. The Morgan fingerprint density at radius 2 is 2.11 bits per heavy atom. The van der Waals surface area contributed by atoms with Gasteiger partial charge in [0, 0.05) is 25.6 Å². The first-order valence-corrected chi connectivity index (χ1v) is 6.32. The second-order valence-electron chi connectivity index (χ2n) is 4.28. The van der Waals surface area contributed by atoms with Crippen LogP contribution in [0.4, 0.5) is 11.6 Å². The van der Waals surface area contributed by atoms with Crippen molar-refractivity contribution in [2.75, 3.05) is 44.0 Å². The molecule has 18 heavy (non-hydrogen) atoms. The summed E-state index contributed by atoms with van der Waals surface area (Å²) in [6, 6.07) is 1.89. The highest BCUT2D eigenvalue weighted by atomic mass is 16.5. The first kappa shape index (κ1) is 13.0. The fraction of sp³-hybridized carbons (Fsp3) is 0.667. The maximum atomic E-state index is 8.58. The summed E-state index contributed by atoms with van der Waals surface area (Å²) in [7, 11) is 1.85. The van der Waals surface area contributed by atoms with Crippen LogP contribution < -0.4 is 10.6 Å². The van der Waals surface area contributed by atoms with Crippen LogP contribution in [0.3, 0.4) is 0 Å². The van der Waals surface area contributed by atoms with E-state index in [9.17, 15) is 0 Å². The van der Waals surface area contributed by atoms with E-state index < -0.39 is 0 Å². The Morgan fingerprint density at radius 1 is 1.33 bits per heavy atom. The number of aliphatic hydroxyl groups is 1. The molecule has 0 bridgehead atoms. The molecule has 2 rings (SSSR count).